The molecule has 1 aliphatic carbocycles. The number of aromatic carboxylic acids is 1. The van der Waals surface area contributed by atoms with Gasteiger partial charge in [-0.1, -0.05) is 23.7 Å². The van der Waals surface area contributed by atoms with Gasteiger partial charge in [0.05, 0.1) is 17.1 Å². The maximum Gasteiger partial charge on any atom is 0.335 e. The highest BCUT2D eigenvalue weighted by atomic mass is 35.5. The number of carbonyl (C=O) groups excluding carboxylic acids is 3. The van der Waals surface area contributed by atoms with Crippen molar-refractivity contribution in [2.45, 2.75) is 32.0 Å². The van der Waals surface area contributed by atoms with E-state index in [1.165, 1.54) is 35.4 Å². The van der Waals surface area contributed by atoms with Crippen LogP contribution in [0.5, 0.6) is 0 Å². The lowest BCUT2D eigenvalue weighted by molar-refractivity contribution is -0.137. The Kier molecular flexibility index (Phi) is 6.65. The molecule has 0 spiro atoms. The number of nitrogens with one attached hydrogen (secondary N) is 1. The molecular weight excluding hydrogens is 465 g/mol. The molecule has 0 radical (unpaired) electrons. The number of fused-ring (bicyclic) bond motifs is 1. The van der Waals surface area contributed by atoms with Crippen LogP contribution in [0.1, 0.15) is 39.1 Å². The minimum atomic E-state index is -1.12. The summed E-state index contributed by atoms with van der Waals surface area (Å²) in [6, 6.07) is 8.80. The molecule has 1 aromatic heterocycles. The van der Waals surface area contributed by atoms with Crippen LogP contribution >= 0.6 is 11.6 Å². The van der Waals surface area contributed by atoms with E-state index in [1.807, 2.05) is 0 Å². The number of halogens is 2. The van der Waals surface area contributed by atoms with Crippen LogP contribution in [-0.4, -0.2) is 51.2 Å². The van der Waals surface area contributed by atoms with E-state index in [1.54, 1.807) is 16.7 Å². The Morgan fingerprint density at radius 1 is 1.24 bits per heavy atom. The Morgan fingerprint density at radius 3 is 2.68 bits per heavy atom. The van der Waals surface area contributed by atoms with Crippen molar-refractivity contribution in [2.24, 2.45) is 0 Å². The van der Waals surface area contributed by atoms with Crippen molar-refractivity contribution in [3.8, 4) is 0 Å². The third-order valence-electron chi connectivity index (χ3n) is 5.72. The maximum atomic E-state index is 14.0. The Labute approximate surface area is 198 Å². The fourth-order valence-corrected chi connectivity index (χ4v) is 4.01. The fraction of sp³-hybridized carbons (Fsp3) is 0.250. The molecule has 176 valence electrons. The summed E-state index contributed by atoms with van der Waals surface area (Å²) in [6.45, 7) is -0.368. The first-order valence-corrected chi connectivity index (χ1v) is 11.0. The molecule has 2 aromatic carbocycles. The van der Waals surface area contributed by atoms with Gasteiger partial charge in [0.15, 0.2) is 6.29 Å². The second kappa shape index (κ2) is 9.64. The average molecular weight is 486 g/mol. The maximum absolute atomic E-state index is 14.0. The molecule has 2 amide bonds. The first-order chi connectivity index (χ1) is 16.3. The Bertz CT molecular complexity index is 1300. The van der Waals surface area contributed by atoms with Crippen LogP contribution < -0.4 is 5.32 Å². The van der Waals surface area contributed by atoms with Gasteiger partial charge in [-0.15, -0.1) is 0 Å². The van der Waals surface area contributed by atoms with Crippen LogP contribution in [0.25, 0.3) is 10.9 Å². The highest BCUT2D eigenvalue weighted by molar-refractivity contribution is 6.30. The number of rotatable bonds is 9. The number of carbonyl (C=O) groups is 4. The summed E-state index contributed by atoms with van der Waals surface area (Å²) in [7, 11) is 0. The molecule has 0 atom stereocenters. The minimum Gasteiger partial charge on any atom is -0.478 e. The van der Waals surface area contributed by atoms with Crippen LogP contribution in [-0.2, 0) is 22.7 Å². The van der Waals surface area contributed by atoms with E-state index >= 15 is 0 Å². The van der Waals surface area contributed by atoms with Gasteiger partial charge in [-0.05, 0) is 37.1 Å². The van der Waals surface area contributed by atoms with Gasteiger partial charge in [0.25, 0.3) is 0 Å². The summed E-state index contributed by atoms with van der Waals surface area (Å²) in [4.78, 5) is 49.8. The monoisotopic (exact) mass is 485 g/mol. The van der Waals surface area contributed by atoms with Crippen molar-refractivity contribution in [3.05, 3.63) is 70.1 Å². The lowest BCUT2D eigenvalue weighted by atomic mass is 10.1. The lowest BCUT2D eigenvalue weighted by Crippen LogP contribution is -2.43. The zero-order valence-electron chi connectivity index (χ0n) is 18.0. The number of carboxylic acids is 1. The molecule has 4 rings (SSSR count). The summed E-state index contributed by atoms with van der Waals surface area (Å²) >= 11 is 5.77. The highest BCUT2D eigenvalue weighted by Crippen LogP contribution is 2.28. The number of amides is 2. The molecule has 1 fully saturated rings. The van der Waals surface area contributed by atoms with Crippen molar-refractivity contribution in [2.75, 3.05) is 6.54 Å². The summed E-state index contributed by atoms with van der Waals surface area (Å²) in [5.41, 5.74) is 1.08. The quantitative estimate of drug-likeness (QED) is 0.452. The van der Waals surface area contributed by atoms with Gasteiger partial charge in [0.1, 0.15) is 12.4 Å². The molecule has 2 N–H and O–H groups in total. The SMILES string of the molecule is O=Cc1cn(CC(=O)N(CC(=O)NCc2cccc(Cl)c2F)C2CC2)c2ccc(C(=O)O)cc12. The third-order valence-corrected chi connectivity index (χ3v) is 6.01. The first-order valence-electron chi connectivity index (χ1n) is 10.6. The van der Waals surface area contributed by atoms with Crippen LogP contribution in [0.4, 0.5) is 4.39 Å². The molecule has 0 aliphatic heterocycles. The molecule has 34 heavy (non-hydrogen) atoms. The van der Waals surface area contributed by atoms with Gasteiger partial charge in [0, 0.05) is 40.8 Å². The first kappa shape index (κ1) is 23.4. The second-order valence-electron chi connectivity index (χ2n) is 8.11. The number of aromatic nitrogens is 1. The van der Waals surface area contributed by atoms with E-state index in [0.717, 1.165) is 12.8 Å². The lowest BCUT2D eigenvalue weighted by Gasteiger charge is -2.22. The van der Waals surface area contributed by atoms with Gasteiger partial charge < -0.3 is 19.9 Å². The molecule has 1 saturated carbocycles. The van der Waals surface area contributed by atoms with E-state index in [0.29, 0.717) is 17.2 Å². The summed E-state index contributed by atoms with van der Waals surface area (Å²) in [6.07, 6.45) is 3.65. The smallest absolute Gasteiger partial charge is 0.335 e. The number of benzene rings is 2. The molecule has 0 unspecified atom stereocenters. The summed E-state index contributed by atoms with van der Waals surface area (Å²) < 4.78 is 15.6. The zero-order chi connectivity index (χ0) is 24.4. The van der Waals surface area contributed by atoms with Crippen LogP contribution in [0.15, 0.2) is 42.6 Å². The van der Waals surface area contributed by atoms with Crippen molar-refractivity contribution >= 4 is 46.6 Å². The van der Waals surface area contributed by atoms with Crippen LogP contribution in [0, 0.1) is 5.82 Å². The summed E-state index contributed by atoms with van der Waals surface area (Å²) in [5.74, 6) is -2.47. The number of aldehydes is 1. The molecule has 10 heteroatoms. The Morgan fingerprint density at radius 2 is 2.00 bits per heavy atom. The Balaban J connectivity index is 1.47. The number of hydrogen-bond acceptors (Lipinski definition) is 4. The number of carboxylic acid groups (broad SMARTS) is 1. The molecule has 0 saturated heterocycles. The van der Waals surface area contributed by atoms with Crippen LogP contribution in [0.2, 0.25) is 5.02 Å². The average Bonchev–Trinajstić information content (AvgIpc) is 3.60. The van der Waals surface area contributed by atoms with Gasteiger partial charge in [-0.2, -0.15) is 0 Å². The van der Waals surface area contributed by atoms with Crippen molar-refractivity contribution in [1.82, 2.24) is 14.8 Å². The Hall–Kier alpha value is -3.72. The van der Waals surface area contributed by atoms with Gasteiger partial charge in [-0.3, -0.25) is 14.4 Å². The van der Waals surface area contributed by atoms with Crippen molar-refractivity contribution in [1.29, 1.82) is 0 Å². The molecular formula is C24H21ClFN3O5. The number of nitrogens with zero attached hydrogens (tertiary/aromatic N) is 2. The molecule has 3 aromatic rings. The topological polar surface area (TPSA) is 109 Å². The van der Waals surface area contributed by atoms with E-state index in [2.05, 4.69) is 5.32 Å². The predicted octanol–water partition coefficient (Wildman–Crippen LogP) is 3.25. The minimum absolute atomic E-state index is 0.0343. The van der Waals surface area contributed by atoms with Crippen molar-refractivity contribution in [3.63, 3.8) is 0 Å². The zero-order valence-corrected chi connectivity index (χ0v) is 18.7. The van der Waals surface area contributed by atoms with E-state index in [-0.39, 0.29) is 53.3 Å². The molecule has 8 nitrogen and oxygen atoms in total. The van der Waals surface area contributed by atoms with E-state index < -0.39 is 17.7 Å². The largest absolute Gasteiger partial charge is 0.478 e. The third kappa shape index (κ3) is 4.94. The highest BCUT2D eigenvalue weighted by Gasteiger charge is 2.34. The van der Waals surface area contributed by atoms with Crippen LogP contribution in [0.3, 0.4) is 0 Å². The van der Waals surface area contributed by atoms with Gasteiger partial charge >= 0.3 is 5.97 Å². The standard InChI is InChI=1S/C24H21ClFN3O5/c25-19-3-1-2-15(23(19)26)9-27-21(31)11-29(17-5-6-17)22(32)12-28-10-16(13-30)18-8-14(24(33)34)4-7-20(18)28/h1-4,7-8,10,13,17H,5-6,9,11-12H2,(H,27,31)(H,33,34). The molecule has 0 bridgehead atoms. The van der Waals surface area contributed by atoms with Gasteiger partial charge in [-0.25, -0.2) is 9.18 Å². The molecule has 1 aliphatic rings. The fourth-order valence-electron chi connectivity index (χ4n) is 3.82. The second-order valence-corrected chi connectivity index (χ2v) is 8.52. The summed E-state index contributed by atoms with van der Waals surface area (Å²) in [5, 5.41) is 12.2. The molecule has 1 heterocycles. The number of hydrogen-bond donors (Lipinski definition) is 2. The van der Waals surface area contributed by atoms with E-state index in [4.69, 9.17) is 11.6 Å². The predicted molar refractivity (Wildman–Crippen MR) is 122 cm³/mol. The van der Waals surface area contributed by atoms with E-state index in [9.17, 15) is 28.7 Å². The van der Waals surface area contributed by atoms with Crippen molar-refractivity contribution < 1.29 is 28.7 Å². The normalized spacial score (nSPS) is 13.0. The van der Waals surface area contributed by atoms with Gasteiger partial charge in [0.2, 0.25) is 11.8 Å².